The summed E-state index contributed by atoms with van der Waals surface area (Å²) in [5.41, 5.74) is 0. The highest BCUT2D eigenvalue weighted by atomic mass is 127. The van der Waals surface area contributed by atoms with E-state index in [4.69, 9.17) is 4.43 Å². The molecule has 4 heteroatoms. The second-order valence-corrected chi connectivity index (χ2v) is 10.4. The zero-order valence-corrected chi connectivity index (χ0v) is 12.6. The number of nitrogens with one attached hydrogen (secondary N) is 1. The van der Waals surface area contributed by atoms with Crippen LogP contribution >= 0.6 is 22.9 Å². The van der Waals surface area contributed by atoms with E-state index in [-0.39, 0.29) is 0 Å². The molecule has 0 unspecified atom stereocenters. The maximum Gasteiger partial charge on any atom is 0.191 e. The lowest BCUT2D eigenvalue weighted by Gasteiger charge is -2.36. The Balaban J connectivity index is 3.77. The molecule has 80 valence electrons. The first-order valence-electron chi connectivity index (χ1n) is 4.79. The largest absolute Gasteiger partial charge is 0.417 e. The van der Waals surface area contributed by atoms with Crippen LogP contribution in [0.3, 0.4) is 0 Å². The Morgan fingerprint density at radius 3 is 2.23 bits per heavy atom. The van der Waals surface area contributed by atoms with E-state index in [1.54, 1.807) is 0 Å². The molecule has 0 aliphatic carbocycles. The van der Waals surface area contributed by atoms with Gasteiger partial charge >= 0.3 is 0 Å². The van der Waals surface area contributed by atoms with Crippen LogP contribution in [0.15, 0.2) is 0 Å². The van der Waals surface area contributed by atoms with E-state index in [2.05, 4.69) is 60.3 Å². The molecule has 0 aliphatic rings. The second-order valence-electron chi connectivity index (χ2n) is 4.85. The van der Waals surface area contributed by atoms with Gasteiger partial charge in [-0.3, -0.25) is 3.53 Å². The van der Waals surface area contributed by atoms with E-state index in [9.17, 15) is 0 Å². The zero-order chi connectivity index (χ0) is 10.5. The van der Waals surface area contributed by atoms with Gasteiger partial charge in [0, 0.05) is 36.0 Å². The predicted octanol–water partition coefficient (Wildman–Crippen LogP) is 3.34. The average molecular weight is 315 g/mol. The molecule has 0 fully saturated rings. The summed E-state index contributed by atoms with van der Waals surface area (Å²) in [6, 6.07) is 0. The monoisotopic (exact) mass is 315 g/mol. The lowest BCUT2D eigenvalue weighted by atomic mass is 10.2. The summed E-state index contributed by atoms with van der Waals surface area (Å²) in [6.45, 7) is 13.3. The van der Waals surface area contributed by atoms with Gasteiger partial charge in [-0.25, -0.2) is 0 Å². The quantitative estimate of drug-likeness (QED) is 0.364. The maximum atomic E-state index is 5.99. The molecule has 0 amide bonds. The minimum Gasteiger partial charge on any atom is -0.417 e. The number of halogens is 1. The molecule has 0 aromatic heterocycles. The second kappa shape index (κ2) is 5.68. The molecule has 0 saturated carbocycles. The van der Waals surface area contributed by atoms with E-state index in [1.165, 1.54) is 0 Å². The van der Waals surface area contributed by atoms with Crippen molar-refractivity contribution in [3.8, 4) is 0 Å². The van der Waals surface area contributed by atoms with Crippen LogP contribution in [0.4, 0.5) is 0 Å². The van der Waals surface area contributed by atoms with Crippen LogP contribution in [-0.4, -0.2) is 21.5 Å². The van der Waals surface area contributed by atoms with Crippen molar-refractivity contribution >= 4 is 31.2 Å². The Morgan fingerprint density at radius 1 is 1.31 bits per heavy atom. The first-order chi connectivity index (χ1) is 5.81. The van der Waals surface area contributed by atoms with E-state index >= 15 is 0 Å². The van der Waals surface area contributed by atoms with Crippen molar-refractivity contribution in [2.24, 2.45) is 0 Å². The van der Waals surface area contributed by atoms with Gasteiger partial charge in [0.25, 0.3) is 0 Å². The van der Waals surface area contributed by atoms with Crippen LogP contribution in [0.5, 0.6) is 0 Å². The van der Waals surface area contributed by atoms with Gasteiger partial charge in [0.2, 0.25) is 0 Å². The molecule has 0 heterocycles. The Morgan fingerprint density at radius 2 is 1.85 bits per heavy atom. The molecule has 0 aromatic carbocycles. The summed E-state index contributed by atoms with van der Waals surface area (Å²) in [5.74, 6) is 0. The molecular weight excluding hydrogens is 293 g/mol. The van der Waals surface area contributed by atoms with Gasteiger partial charge in [-0.2, -0.15) is 0 Å². The summed E-state index contributed by atoms with van der Waals surface area (Å²) in [4.78, 5) is 0. The highest BCUT2D eigenvalue weighted by molar-refractivity contribution is 14.1. The van der Waals surface area contributed by atoms with E-state index in [0.29, 0.717) is 5.04 Å². The molecule has 0 rings (SSSR count). The van der Waals surface area contributed by atoms with Gasteiger partial charge in [0.05, 0.1) is 0 Å². The Labute approximate surface area is 97.4 Å². The van der Waals surface area contributed by atoms with Crippen molar-refractivity contribution in [2.45, 2.75) is 45.3 Å². The van der Waals surface area contributed by atoms with E-state index in [1.807, 2.05) is 0 Å². The fourth-order valence-electron chi connectivity index (χ4n) is 0.683. The normalized spacial score (nSPS) is 13.4. The summed E-state index contributed by atoms with van der Waals surface area (Å²) >= 11 is 2.17. The van der Waals surface area contributed by atoms with Gasteiger partial charge in [-0.05, 0) is 24.6 Å². The lowest BCUT2D eigenvalue weighted by molar-refractivity contribution is 0.284. The van der Waals surface area contributed by atoms with Crippen LogP contribution in [-0.2, 0) is 4.43 Å². The third kappa shape index (κ3) is 5.34. The van der Waals surface area contributed by atoms with Crippen LogP contribution in [0, 0.1) is 0 Å². The topological polar surface area (TPSA) is 21.3 Å². The number of hydrogen-bond acceptors (Lipinski definition) is 2. The molecule has 13 heavy (non-hydrogen) atoms. The van der Waals surface area contributed by atoms with Gasteiger partial charge < -0.3 is 4.43 Å². The smallest absolute Gasteiger partial charge is 0.191 e. The third-order valence-corrected chi connectivity index (χ3v) is 7.76. The standard InChI is InChI=1S/C9H22INOSi/c1-9(2,3)13(4,5)12-8-6-7-11-10/h11H,6-8H2,1-5H3. The fraction of sp³-hybridized carbons (Fsp3) is 1.00. The van der Waals surface area contributed by atoms with Crippen molar-refractivity contribution in [2.75, 3.05) is 13.2 Å². The third-order valence-electron chi connectivity index (χ3n) is 2.68. The Hall–Kier alpha value is 0.867. The molecule has 0 saturated heterocycles. The van der Waals surface area contributed by atoms with Crippen molar-refractivity contribution < 1.29 is 4.43 Å². The molecule has 0 bridgehead atoms. The van der Waals surface area contributed by atoms with E-state index < -0.39 is 8.32 Å². The van der Waals surface area contributed by atoms with Gasteiger partial charge in [-0.1, -0.05) is 20.8 Å². The van der Waals surface area contributed by atoms with Crippen molar-refractivity contribution in [1.82, 2.24) is 3.53 Å². The zero-order valence-electron chi connectivity index (χ0n) is 9.41. The van der Waals surface area contributed by atoms with Crippen molar-refractivity contribution in [1.29, 1.82) is 0 Å². The van der Waals surface area contributed by atoms with E-state index in [0.717, 1.165) is 19.6 Å². The van der Waals surface area contributed by atoms with Gasteiger partial charge in [-0.15, -0.1) is 0 Å². The highest BCUT2D eigenvalue weighted by Gasteiger charge is 2.36. The molecule has 0 spiro atoms. The van der Waals surface area contributed by atoms with Crippen molar-refractivity contribution in [3.63, 3.8) is 0 Å². The molecule has 2 nitrogen and oxygen atoms in total. The number of hydrogen-bond donors (Lipinski definition) is 1. The summed E-state index contributed by atoms with van der Waals surface area (Å²) in [7, 11) is -1.49. The summed E-state index contributed by atoms with van der Waals surface area (Å²) < 4.78 is 9.09. The maximum absolute atomic E-state index is 5.99. The Kier molecular flexibility index (Phi) is 6.05. The minimum atomic E-state index is -1.49. The first-order valence-corrected chi connectivity index (χ1v) is 8.77. The first kappa shape index (κ1) is 13.9. The SMILES string of the molecule is CC(C)(C)[Si](C)(C)OCCCNI. The summed E-state index contributed by atoms with van der Waals surface area (Å²) in [5, 5.41) is 0.338. The van der Waals surface area contributed by atoms with Gasteiger partial charge in [0.1, 0.15) is 0 Å². The van der Waals surface area contributed by atoms with Crippen LogP contribution in [0.1, 0.15) is 27.2 Å². The minimum absolute atomic E-state index is 0.338. The van der Waals surface area contributed by atoms with Crippen LogP contribution in [0.25, 0.3) is 0 Å². The Bertz CT molecular complexity index is 145. The molecule has 0 atom stereocenters. The van der Waals surface area contributed by atoms with Crippen LogP contribution in [0.2, 0.25) is 18.1 Å². The average Bonchev–Trinajstić information content (AvgIpc) is 1.96. The van der Waals surface area contributed by atoms with Crippen molar-refractivity contribution in [3.05, 3.63) is 0 Å². The predicted molar refractivity (Wildman–Crippen MR) is 69.8 cm³/mol. The van der Waals surface area contributed by atoms with Gasteiger partial charge in [0.15, 0.2) is 8.32 Å². The molecule has 0 aliphatic heterocycles. The molecule has 0 radical (unpaired) electrons. The molecular formula is C9H22INOSi. The number of rotatable bonds is 5. The fourth-order valence-corrected chi connectivity index (χ4v) is 2.15. The van der Waals surface area contributed by atoms with Crippen LogP contribution < -0.4 is 3.53 Å². The molecule has 1 N–H and O–H groups in total. The lowest BCUT2D eigenvalue weighted by Crippen LogP contribution is -2.41. The molecule has 0 aromatic rings. The summed E-state index contributed by atoms with van der Waals surface area (Å²) in [6.07, 6.45) is 1.11. The highest BCUT2D eigenvalue weighted by Crippen LogP contribution is 2.36.